The molecule has 0 aromatic rings. The number of carboxylic acids is 2. The van der Waals surface area contributed by atoms with Crippen LogP contribution in [0.4, 0.5) is 0 Å². The summed E-state index contributed by atoms with van der Waals surface area (Å²) in [5.74, 6) is -1.67. The van der Waals surface area contributed by atoms with Crippen molar-refractivity contribution < 1.29 is 70.1 Å². The Morgan fingerprint density at radius 3 is 0.818 bits per heavy atom. The third-order valence-corrected chi connectivity index (χ3v) is 0. The maximum Gasteiger partial charge on any atom is 0.300 e. The second-order valence-electron chi connectivity index (χ2n) is 1.04. The van der Waals surface area contributed by atoms with Crippen LogP contribution < -0.4 is 0 Å². The summed E-state index contributed by atoms with van der Waals surface area (Å²) in [6.45, 7) is 2.17. The molecule has 2 N–H and O–H groups in total. The predicted molar refractivity (Wildman–Crippen MR) is 26.6 cm³/mol. The van der Waals surface area contributed by atoms with Gasteiger partial charge in [-0.3, -0.25) is 9.59 Å². The molecule has 0 aliphatic heterocycles. The third-order valence-electron chi connectivity index (χ3n) is 0. The molecule has 75 valence electrons. The van der Waals surface area contributed by atoms with Gasteiger partial charge < -0.3 is 10.2 Å². The third kappa shape index (κ3) is 3550. The topological polar surface area (TPSA) is 74.6 Å². The summed E-state index contributed by atoms with van der Waals surface area (Å²) in [5, 5.41) is 14.8. The van der Waals surface area contributed by atoms with Crippen molar-refractivity contribution in [3.63, 3.8) is 0 Å². The van der Waals surface area contributed by atoms with Gasteiger partial charge in [-0.1, -0.05) is 0 Å². The summed E-state index contributed by atoms with van der Waals surface area (Å²) in [5.41, 5.74) is 0. The van der Waals surface area contributed by atoms with Crippen molar-refractivity contribution in [2.24, 2.45) is 0 Å². The minimum absolute atomic E-state index is 0. The summed E-state index contributed by atoms with van der Waals surface area (Å²) in [7, 11) is 0. The molecule has 4 nitrogen and oxygen atoms in total. The standard InChI is InChI=1S/2C2H4O2.3Co/c2*1-2(3)4;;;/h2*1H3,(H,3,4);;;. The largest absolute Gasteiger partial charge is 0.481 e. The van der Waals surface area contributed by atoms with E-state index in [2.05, 4.69) is 0 Å². The number of carboxylic acid groups (broad SMARTS) is 2. The molecule has 0 rings (SSSR count). The van der Waals surface area contributed by atoms with Crippen LogP contribution in [0.25, 0.3) is 0 Å². The molecule has 0 aromatic heterocycles. The Bertz CT molecular complexity index is 75.3. The van der Waals surface area contributed by atoms with Crippen LogP contribution in [0.15, 0.2) is 0 Å². The Hall–Kier alpha value is 0.459. The van der Waals surface area contributed by atoms with Crippen LogP contribution in [0, 0.1) is 0 Å². The molecule has 0 aliphatic carbocycles. The van der Waals surface area contributed by atoms with Crippen molar-refractivity contribution in [1.82, 2.24) is 0 Å². The average Bonchev–Trinajstić information content (AvgIpc) is 1.25. The monoisotopic (exact) mass is 297 g/mol. The first-order valence-corrected chi connectivity index (χ1v) is 1.86. The zero-order valence-electron chi connectivity index (χ0n) is 5.71. The number of carbonyl (C=O) groups is 2. The number of hydrogen-bond acceptors (Lipinski definition) is 2. The van der Waals surface area contributed by atoms with Gasteiger partial charge in [0.25, 0.3) is 11.9 Å². The second kappa shape index (κ2) is 22.4. The molecule has 0 spiro atoms. The summed E-state index contributed by atoms with van der Waals surface area (Å²) in [6.07, 6.45) is 0. The van der Waals surface area contributed by atoms with Crippen LogP contribution >= 0.6 is 0 Å². The van der Waals surface area contributed by atoms with Gasteiger partial charge in [-0.15, -0.1) is 0 Å². The van der Waals surface area contributed by atoms with Crippen molar-refractivity contribution in [3.8, 4) is 0 Å². The van der Waals surface area contributed by atoms with Gasteiger partial charge >= 0.3 is 0 Å². The van der Waals surface area contributed by atoms with E-state index in [0.717, 1.165) is 13.8 Å². The van der Waals surface area contributed by atoms with Gasteiger partial charge in [0.15, 0.2) is 0 Å². The van der Waals surface area contributed by atoms with Crippen LogP contribution in [-0.4, -0.2) is 22.2 Å². The normalized spacial score (nSPS) is 4.55. The molecule has 3 radical (unpaired) electrons. The molecule has 0 bridgehead atoms. The molecule has 0 saturated heterocycles. The van der Waals surface area contributed by atoms with Gasteiger partial charge in [-0.25, -0.2) is 0 Å². The smallest absolute Gasteiger partial charge is 0.300 e. The Kier molecular flexibility index (Phi) is 61.3. The molecule has 11 heavy (non-hydrogen) atoms. The summed E-state index contributed by atoms with van der Waals surface area (Å²) < 4.78 is 0. The molecule has 0 fully saturated rings. The fourth-order valence-corrected chi connectivity index (χ4v) is 0. The summed E-state index contributed by atoms with van der Waals surface area (Å²) in [6, 6.07) is 0. The van der Waals surface area contributed by atoms with E-state index in [9.17, 15) is 0 Å². The first kappa shape index (κ1) is 30.0. The first-order chi connectivity index (χ1) is 3.46. The van der Waals surface area contributed by atoms with Crippen LogP contribution in [0.2, 0.25) is 0 Å². The molecule has 0 aromatic carbocycles. The summed E-state index contributed by atoms with van der Waals surface area (Å²) in [4.78, 5) is 18.0. The van der Waals surface area contributed by atoms with Gasteiger partial charge in [0.1, 0.15) is 0 Å². The number of aliphatic carboxylic acids is 2. The minimum Gasteiger partial charge on any atom is -0.481 e. The van der Waals surface area contributed by atoms with Crippen molar-refractivity contribution in [1.29, 1.82) is 0 Å². The fraction of sp³-hybridized carbons (Fsp3) is 0.500. The quantitative estimate of drug-likeness (QED) is 0.668. The van der Waals surface area contributed by atoms with Crippen LogP contribution in [0.1, 0.15) is 13.8 Å². The Morgan fingerprint density at radius 2 is 0.818 bits per heavy atom. The van der Waals surface area contributed by atoms with E-state index >= 15 is 0 Å². The Balaban J connectivity index is -0.0000000171. The molecular weight excluding hydrogens is 289 g/mol. The predicted octanol–water partition coefficient (Wildman–Crippen LogP) is 0.174. The van der Waals surface area contributed by atoms with Gasteiger partial charge in [0, 0.05) is 64.2 Å². The second-order valence-corrected chi connectivity index (χ2v) is 1.04. The van der Waals surface area contributed by atoms with Gasteiger partial charge in [-0.2, -0.15) is 0 Å². The van der Waals surface area contributed by atoms with Crippen LogP contribution in [0.5, 0.6) is 0 Å². The maximum absolute atomic E-state index is 9.00. The minimum atomic E-state index is -0.833. The molecule has 0 unspecified atom stereocenters. The van der Waals surface area contributed by atoms with Crippen molar-refractivity contribution >= 4 is 11.9 Å². The van der Waals surface area contributed by atoms with E-state index in [1.165, 1.54) is 0 Å². The van der Waals surface area contributed by atoms with E-state index in [1.807, 2.05) is 0 Å². The number of hydrogen-bond donors (Lipinski definition) is 2. The van der Waals surface area contributed by atoms with Gasteiger partial charge in [0.05, 0.1) is 0 Å². The Labute approximate surface area is 95.7 Å². The van der Waals surface area contributed by atoms with E-state index in [4.69, 9.17) is 19.8 Å². The zero-order chi connectivity index (χ0) is 7.15. The molecule has 0 amide bonds. The van der Waals surface area contributed by atoms with Crippen molar-refractivity contribution in [3.05, 3.63) is 0 Å². The molecular formula is C4H8Co3O4. The SMILES string of the molecule is CC(=O)O.CC(=O)O.[Co].[Co].[Co]. The van der Waals surface area contributed by atoms with Gasteiger partial charge in [0.2, 0.25) is 0 Å². The first-order valence-electron chi connectivity index (χ1n) is 1.86. The van der Waals surface area contributed by atoms with Crippen LogP contribution in [0.3, 0.4) is 0 Å². The summed E-state index contributed by atoms with van der Waals surface area (Å²) >= 11 is 0. The average molecular weight is 297 g/mol. The van der Waals surface area contributed by atoms with Crippen molar-refractivity contribution in [2.75, 3.05) is 0 Å². The van der Waals surface area contributed by atoms with E-state index < -0.39 is 11.9 Å². The molecule has 0 aliphatic rings. The molecule has 0 atom stereocenters. The molecule has 7 heteroatoms. The van der Waals surface area contributed by atoms with Crippen molar-refractivity contribution in [2.45, 2.75) is 13.8 Å². The van der Waals surface area contributed by atoms with E-state index in [0.29, 0.717) is 0 Å². The fourth-order valence-electron chi connectivity index (χ4n) is 0. The number of rotatable bonds is 0. The Morgan fingerprint density at radius 1 is 0.818 bits per heavy atom. The molecule has 0 saturated carbocycles. The zero-order valence-corrected chi connectivity index (χ0v) is 8.83. The molecule has 0 heterocycles. The van der Waals surface area contributed by atoms with E-state index in [-0.39, 0.29) is 50.3 Å². The van der Waals surface area contributed by atoms with Crippen LogP contribution in [-0.2, 0) is 59.9 Å². The van der Waals surface area contributed by atoms with Gasteiger partial charge in [-0.05, 0) is 0 Å². The maximum atomic E-state index is 9.00. The van der Waals surface area contributed by atoms with E-state index in [1.54, 1.807) is 0 Å².